The van der Waals surface area contributed by atoms with Crippen LogP contribution in [0.25, 0.3) is 0 Å². The zero-order chi connectivity index (χ0) is 11.4. The Bertz CT molecular complexity index is 221. The fraction of sp³-hybridized carbons (Fsp3) is 0.900. The fourth-order valence-electron chi connectivity index (χ4n) is 1.53. The Morgan fingerprint density at radius 1 is 1.67 bits per heavy atom. The maximum atomic E-state index is 11.9. The minimum absolute atomic E-state index is 0.0493. The van der Waals surface area contributed by atoms with Crippen LogP contribution in [0.2, 0.25) is 0 Å². The van der Waals surface area contributed by atoms with Crippen LogP contribution in [0, 0.1) is 5.92 Å². The highest BCUT2D eigenvalue weighted by Gasteiger charge is 2.28. The van der Waals surface area contributed by atoms with E-state index in [9.17, 15) is 4.79 Å². The van der Waals surface area contributed by atoms with Crippen LogP contribution in [-0.4, -0.2) is 54.4 Å². The second-order valence-corrected chi connectivity index (χ2v) is 4.23. The van der Waals surface area contributed by atoms with Crippen LogP contribution in [-0.2, 0) is 9.53 Å². The third-order valence-corrected chi connectivity index (χ3v) is 2.66. The summed E-state index contributed by atoms with van der Waals surface area (Å²) < 4.78 is 5.26. The van der Waals surface area contributed by atoms with Crippen LogP contribution in [0.3, 0.4) is 0 Å². The molecule has 5 heteroatoms. The van der Waals surface area contributed by atoms with E-state index >= 15 is 0 Å². The van der Waals surface area contributed by atoms with Gasteiger partial charge in [-0.25, -0.2) is 0 Å². The average molecular weight is 216 g/mol. The smallest absolute Gasteiger partial charge is 0.239 e. The molecule has 0 radical (unpaired) electrons. The highest BCUT2D eigenvalue weighted by Crippen LogP contribution is 2.09. The lowest BCUT2D eigenvalue weighted by Crippen LogP contribution is -2.53. The predicted octanol–water partition coefficient (Wildman–Crippen LogP) is -0.811. The zero-order valence-corrected chi connectivity index (χ0v) is 9.35. The Balaban J connectivity index is 2.52. The summed E-state index contributed by atoms with van der Waals surface area (Å²) in [6, 6.07) is -0.456. The first-order valence-corrected chi connectivity index (χ1v) is 5.33. The molecule has 0 aromatic carbocycles. The molecule has 0 spiro atoms. The van der Waals surface area contributed by atoms with Gasteiger partial charge in [0.05, 0.1) is 25.4 Å². The molecule has 1 aliphatic heterocycles. The van der Waals surface area contributed by atoms with Crippen LogP contribution >= 0.6 is 0 Å². The summed E-state index contributed by atoms with van der Waals surface area (Å²) in [5, 5.41) is 8.94. The second-order valence-electron chi connectivity index (χ2n) is 4.23. The van der Waals surface area contributed by atoms with Gasteiger partial charge >= 0.3 is 0 Å². The minimum Gasteiger partial charge on any atom is -0.394 e. The van der Waals surface area contributed by atoms with E-state index < -0.39 is 6.04 Å². The monoisotopic (exact) mass is 216 g/mol. The molecule has 1 heterocycles. The largest absolute Gasteiger partial charge is 0.394 e. The average Bonchev–Trinajstić information content (AvgIpc) is 2.27. The first kappa shape index (κ1) is 12.4. The number of ether oxygens (including phenoxy) is 1. The van der Waals surface area contributed by atoms with Gasteiger partial charge in [-0.3, -0.25) is 4.79 Å². The lowest BCUT2D eigenvalue weighted by atomic mass is 10.0. The Morgan fingerprint density at radius 3 is 2.87 bits per heavy atom. The molecular formula is C10H20N2O3. The van der Waals surface area contributed by atoms with Gasteiger partial charge in [0.2, 0.25) is 5.91 Å². The lowest BCUT2D eigenvalue weighted by molar-refractivity contribution is -0.142. The molecule has 5 nitrogen and oxygen atoms in total. The maximum absolute atomic E-state index is 11.9. The highest BCUT2D eigenvalue weighted by atomic mass is 16.5. The number of aliphatic hydroxyl groups is 1. The van der Waals surface area contributed by atoms with Crippen molar-refractivity contribution in [3.63, 3.8) is 0 Å². The van der Waals surface area contributed by atoms with E-state index in [2.05, 4.69) is 0 Å². The SMILES string of the molecule is CC(C)[C@@H](N)C(=O)N1CCOC(CO)C1. The van der Waals surface area contributed by atoms with Crippen molar-refractivity contribution >= 4 is 5.91 Å². The third kappa shape index (κ3) is 3.15. The van der Waals surface area contributed by atoms with Crippen LogP contribution in [0.4, 0.5) is 0 Å². The van der Waals surface area contributed by atoms with Crippen LogP contribution in [0.5, 0.6) is 0 Å². The topological polar surface area (TPSA) is 75.8 Å². The van der Waals surface area contributed by atoms with Gasteiger partial charge in [0, 0.05) is 13.1 Å². The van der Waals surface area contributed by atoms with Crippen molar-refractivity contribution in [1.82, 2.24) is 4.90 Å². The Kier molecular flexibility index (Phi) is 4.50. The summed E-state index contributed by atoms with van der Waals surface area (Å²) in [5.41, 5.74) is 5.78. The number of morpholine rings is 1. The van der Waals surface area contributed by atoms with Crippen LogP contribution in [0.1, 0.15) is 13.8 Å². The van der Waals surface area contributed by atoms with Crippen LogP contribution < -0.4 is 5.73 Å². The normalized spacial score (nSPS) is 24.3. The lowest BCUT2D eigenvalue weighted by Gasteiger charge is -2.34. The fourth-order valence-corrected chi connectivity index (χ4v) is 1.53. The number of aliphatic hydroxyl groups excluding tert-OH is 1. The van der Waals surface area contributed by atoms with E-state index in [1.54, 1.807) is 4.90 Å². The molecule has 0 saturated carbocycles. The summed E-state index contributed by atoms with van der Waals surface area (Å²) in [7, 11) is 0. The summed E-state index contributed by atoms with van der Waals surface area (Å²) in [6.45, 7) is 5.27. The van der Waals surface area contributed by atoms with E-state index in [-0.39, 0.29) is 24.5 Å². The first-order chi connectivity index (χ1) is 7.06. The van der Waals surface area contributed by atoms with Crippen molar-refractivity contribution in [3.8, 4) is 0 Å². The summed E-state index contributed by atoms with van der Waals surface area (Å²) in [5.74, 6) is 0.0830. The molecule has 0 aliphatic carbocycles. The van der Waals surface area contributed by atoms with Crippen molar-refractivity contribution in [3.05, 3.63) is 0 Å². The first-order valence-electron chi connectivity index (χ1n) is 5.33. The molecule has 0 bridgehead atoms. The number of amides is 1. The Labute approximate surface area is 90.2 Å². The number of rotatable bonds is 3. The van der Waals surface area contributed by atoms with E-state index in [0.717, 1.165) is 0 Å². The molecular weight excluding hydrogens is 196 g/mol. The summed E-state index contributed by atoms with van der Waals surface area (Å²) >= 11 is 0. The second kappa shape index (κ2) is 5.44. The molecule has 1 amide bonds. The van der Waals surface area contributed by atoms with Gasteiger partial charge < -0.3 is 20.5 Å². The predicted molar refractivity (Wildman–Crippen MR) is 56.2 cm³/mol. The van der Waals surface area contributed by atoms with Crippen molar-refractivity contribution in [2.24, 2.45) is 11.7 Å². The van der Waals surface area contributed by atoms with Crippen molar-refractivity contribution < 1.29 is 14.6 Å². The molecule has 3 N–H and O–H groups in total. The number of hydrogen-bond donors (Lipinski definition) is 2. The van der Waals surface area contributed by atoms with Gasteiger partial charge in [-0.15, -0.1) is 0 Å². The Morgan fingerprint density at radius 2 is 2.33 bits per heavy atom. The van der Waals surface area contributed by atoms with Gasteiger partial charge in [-0.2, -0.15) is 0 Å². The minimum atomic E-state index is -0.456. The quantitative estimate of drug-likeness (QED) is 0.647. The van der Waals surface area contributed by atoms with E-state index in [1.807, 2.05) is 13.8 Å². The van der Waals surface area contributed by atoms with Crippen molar-refractivity contribution in [2.75, 3.05) is 26.3 Å². The number of carbonyl (C=O) groups is 1. The number of nitrogens with two attached hydrogens (primary N) is 1. The molecule has 1 unspecified atom stereocenters. The molecule has 1 aliphatic rings. The van der Waals surface area contributed by atoms with Gasteiger partial charge in [0.15, 0.2) is 0 Å². The molecule has 1 rings (SSSR count). The molecule has 1 saturated heterocycles. The van der Waals surface area contributed by atoms with Crippen molar-refractivity contribution in [1.29, 1.82) is 0 Å². The van der Waals surface area contributed by atoms with Crippen molar-refractivity contribution in [2.45, 2.75) is 26.0 Å². The van der Waals surface area contributed by atoms with Gasteiger partial charge in [0.1, 0.15) is 0 Å². The molecule has 2 atom stereocenters. The van der Waals surface area contributed by atoms with Gasteiger partial charge in [0.25, 0.3) is 0 Å². The summed E-state index contributed by atoms with van der Waals surface area (Å²) in [4.78, 5) is 13.5. The van der Waals surface area contributed by atoms with Gasteiger partial charge in [-0.05, 0) is 5.92 Å². The molecule has 88 valence electrons. The maximum Gasteiger partial charge on any atom is 0.239 e. The van der Waals surface area contributed by atoms with E-state index in [4.69, 9.17) is 15.6 Å². The molecule has 0 aromatic heterocycles. The number of hydrogen-bond acceptors (Lipinski definition) is 4. The standard InChI is InChI=1S/C10H20N2O3/c1-7(2)9(11)10(14)12-3-4-15-8(5-12)6-13/h7-9,13H,3-6,11H2,1-2H3/t8?,9-/m1/s1. The molecule has 15 heavy (non-hydrogen) atoms. The number of carbonyl (C=O) groups excluding carboxylic acids is 1. The molecule has 1 fully saturated rings. The third-order valence-electron chi connectivity index (χ3n) is 2.66. The van der Waals surface area contributed by atoms with Gasteiger partial charge in [-0.1, -0.05) is 13.8 Å². The zero-order valence-electron chi connectivity index (χ0n) is 9.35. The summed E-state index contributed by atoms with van der Waals surface area (Å²) in [6.07, 6.45) is -0.262. The molecule has 0 aromatic rings. The highest BCUT2D eigenvalue weighted by molar-refractivity contribution is 5.82. The van der Waals surface area contributed by atoms with E-state index in [1.165, 1.54) is 0 Å². The van der Waals surface area contributed by atoms with Crippen LogP contribution in [0.15, 0.2) is 0 Å². The number of nitrogens with zero attached hydrogens (tertiary/aromatic N) is 1. The Hall–Kier alpha value is -0.650. The van der Waals surface area contributed by atoms with E-state index in [0.29, 0.717) is 19.7 Å².